The van der Waals surface area contributed by atoms with Crippen molar-refractivity contribution in [3.05, 3.63) is 47.5 Å². The Hall–Kier alpha value is -2.65. The van der Waals surface area contributed by atoms with E-state index < -0.39 is 5.60 Å². The number of ether oxygens (including phenoxy) is 1. The maximum atomic E-state index is 10.6. The maximum absolute atomic E-state index is 10.6. The fraction of sp³-hybridized carbons (Fsp3) is 0.312. The summed E-state index contributed by atoms with van der Waals surface area (Å²) in [4.78, 5) is 14.9. The molecule has 0 aliphatic carbocycles. The second kappa shape index (κ2) is 6.41. The smallest absolute Gasteiger partial charge is 0.293 e. The Morgan fingerprint density at radius 1 is 1.45 bits per heavy atom. The molecule has 0 saturated carbocycles. The number of aromatic nitrogens is 2. The zero-order valence-electron chi connectivity index (χ0n) is 12.5. The van der Waals surface area contributed by atoms with Crippen molar-refractivity contribution in [2.45, 2.75) is 25.9 Å². The van der Waals surface area contributed by atoms with Crippen molar-refractivity contribution in [1.82, 2.24) is 9.55 Å². The van der Waals surface area contributed by atoms with E-state index in [1.54, 1.807) is 25.4 Å². The van der Waals surface area contributed by atoms with Crippen molar-refractivity contribution >= 4 is 6.47 Å². The van der Waals surface area contributed by atoms with Crippen LogP contribution in [0.3, 0.4) is 0 Å². The highest BCUT2D eigenvalue weighted by Crippen LogP contribution is 2.21. The second-order valence-corrected chi connectivity index (χ2v) is 5.30. The zero-order valence-corrected chi connectivity index (χ0v) is 12.5. The summed E-state index contributed by atoms with van der Waals surface area (Å²) in [5.41, 5.74) is 2.11. The molecule has 2 rings (SSSR count). The van der Waals surface area contributed by atoms with Crippen LogP contribution in [-0.2, 0) is 16.0 Å². The lowest BCUT2D eigenvalue weighted by Crippen LogP contribution is -2.35. The van der Waals surface area contributed by atoms with Crippen molar-refractivity contribution in [3.63, 3.8) is 0 Å². The molecule has 0 fully saturated rings. The third-order valence-electron chi connectivity index (χ3n) is 3.59. The number of nitrogens with zero attached hydrogens (tertiary/aromatic N) is 3. The van der Waals surface area contributed by atoms with Crippen LogP contribution in [0, 0.1) is 18.3 Å². The van der Waals surface area contributed by atoms with Crippen LogP contribution in [0.4, 0.5) is 0 Å². The Morgan fingerprint density at radius 2 is 2.14 bits per heavy atom. The molecule has 0 amide bonds. The summed E-state index contributed by atoms with van der Waals surface area (Å²) >= 11 is 0. The molecule has 2 aromatic rings. The third kappa shape index (κ3) is 3.15. The highest BCUT2D eigenvalue weighted by atomic mass is 16.5. The summed E-state index contributed by atoms with van der Waals surface area (Å²) in [6, 6.07) is 9.23. The highest BCUT2D eigenvalue weighted by molar-refractivity contribution is 5.41. The molecule has 114 valence electrons. The predicted molar refractivity (Wildman–Crippen MR) is 79.4 cm³/mol. The Kier molecular flexibility index (Phi) is 4.59. The van der Waals surface area contributed by atoms with E-state index in [4.69, 9.17) is 10.00 Å². The van der Waals surface area contributed by atoms with Crippen molar-refractivity contribution in [1.29, 1.82) is 5.26 Å². The minimum atomic E-state index is -0.990. The topological polar surface area (TPSA) is 88.1 Å². The molecule has 0 bridgehead atoms. The van der Waals surface area contributed by atoms with Gasteiger partial charge in [-0.25, -0.2) is 4.98 Å². The van der Waals surface area contributed by atoms with Gasteiger partial charge in [0.2, 0.25) is 0 Å². The number of aliphatic hydroxyl groups excluding tert-OH is 1. The minimum absolute atomic E-state index is 0.283. The summed E-state index contributed by atoms with van der Waals surface area (Å²) in [6.07, 6.45) is 1.99. The van der Waals surface area contributed by atoms with Gasteiger partial charge in [-0.1, -0.05) is 0 Å². The molecule has 0 aliphatic rings. The van der Waals surface area contributed by atoms with Crippen LogP contribution in [0.25, 0.3) is 5.69 Å². The fourth-order valence-electron chi connectivity index (χ4n) is 2.18. The molecular formula is C16H17N3O3. The Balaban J connectivity index is 2.29. The van der Waals surface area contributed by atoms with Crippen molar-refractivity contribution in [2.75, 3.05) is 6.61 Å². The number of nitriles is 1. The molecule has 22 heavy (non-hydrogen) atoms. The van der Waals surface area contributed by atoms with E-state index in [0.717, 1.165) is 17.1 Å². The van der Waals surface area contributed by atoms with Gasteiger partial charge >= 0.3 is 0 Å². The zero-order chi connectivity index (χ0) is 16.2. The van der Waals surface area contributed by atoms with Crippen LogP contribution in [0.5, 0.6) is 0 Å². The van der Waals surface area contributed by atoms with Gasteiger partial charge in [0.1, 0.15) is 5.60 Å². The van der Waals surface area contributed by atoms with E-state index in [0.29, 0.717) is 18.5 Å². The van der Waals surface area contributed by atoms with Crippen LogP contribution >= 0.6 is 0 Å². The number of hydrogen-bond donors (Lipinski definition) is 1. The molecule has 1 heterocycles. The summed E-state index contributed by atoms with van der Waals surface area (Å²) in [7, 11) is 0. The summed E-state index contributed by atoms with van der Waals surface area (Å²) in [5.74, 6) is 0. The van der Waals surface area contributed by atoms with Crippen molar-refractivity contribution in [3.8, 4) is 11.8 Å². The number of aliphatic hydroxyl groups is 1. The summed E-state index contributed by atoms with van der Waals surface area (Å²) in [5, 5.41) is 18.2. The van der Waals surface area contributed by atoms with Gasteiger partial charge in [0.25, 0.3) is 6.47 Å². The van der Waals surface area contributed by atoms with Crippen molar-refractivity contribution < 1.29 is 14.6 Å². The lowest BCUT2D eigenvalue weighted by Gasteiger charge is -2.24. The largest absolute Gasteiger partial charge is 0.459 e. The Labute approximate surface area is 128 Å². The van der Waals surface area contributed by atoms with E-state index >= 15 is 0 Å². The van der Waals surface area contributed by atoms with Crippen LogP contribution in [0.15, 0.2) is 30.6 Å². The first-order chi connectivity index (χ1) is 10.5. The lowest BCUT2D eigenvalue weighted by molar-refractivity contribution is -0.145. The average Bonchev–Trinajstić information content (AvgIpc) is 2.88. The standard InChI is InChI=1S/C16H17N3O3/c1-12-15(7-16(2,9-20)22-11-21)18-10-19(12)14-5-3-13(8-17)4-6-14/h3-6,10-11,20H,7,9H2,1-2H3. The molecule has 1 aromatic carbocycles. The van der Waals surface area contributed by atoms with Gasteiger partial charge < -0.3 is 14.4 Å². The van der Waals surface area contributed by atoms with Crippen LogP contribution in [0.1, 0.15) is 23.9 Å². The van der Waals surface area contributed by atoms with Gasteiger partial charge in [-0.05, 0) is 38.1 Å². The first-order valence-corrected chi connectivity index (χ1v) is 6.78. The first kappa shape index (κ1) is 15.7. The van der Waals surface area contributed by atoms with E-state index in [2.05, 4.69) is 11.1 Å². The number of carbonyl (C=O) groups excluding carboxylic acids is 1. The van der Waals surface area contributed by atoms with Gasteiger partial charge in [0.15, 0.2) is 0 Å². The summed E-state index contributed by atoms with van der Waals surface area (Å²) in [6.45, 7) is 3.61. The number of rotatable bonds is 6. The normalized spacial score (nSPS) is 13.2. The molecule has 0 aliphatic heterocycles. The van der Waals surface area contributed by atoms with Gasteiger partial charge in [-0.15, -0.1) is 0 Å². The first-order valence-electron chi connectivity index (χ1n) is 6.78. The van der Waals surface area contributed by atoms with Gasteiger partial charge in [0, 0.05) is 17.8 Å². The molecule has 1 unspecified atom stereocenters. The SMILES string of the molecule is Cc1c(CC(C)(CO)OC=O)ncn1-c1ccc(C#N)cc1. The molecule has 6 nitrogen and oxygen atoms in total. The van der Waals surface area contributed by atoms with E-state index in [9.17, 15) is 9.90 Å². The minimum Gasteiger partial charge on any atom is -0.459 e. The van der Waals surface area contributed by atoms with E-state index in [1.165, 1.54) is 0 Å². The number of imidazole rings is 1. The molecule has 1 aromatic heterocycles. The van der Waals surface area contributed by atoms with Crippen LogP contribution in [0.2, 0.25) is 0 Å². The van der Waals surface area contributed by atoms with E-state index in [-0.39, 0.29) is 6.61 Å². The quantitative estimate of drug-likeness (QED) is 0.817. The third-order valence-corrected chi connectivity index (χ3v) is 3.59. The predicted octanol–water partition coefficient (Wildman–Crippen LogP) is 1.52. The average molecular weight is 299 g/mol. The Bertz CT molecular complexity index is 700. The number of hydrogen-bond acceptors (Lipinski definition) is 5. The fourth-order valence-corrected chi connectivity index (χ4v) is 2.18. The van der Waals surface area contributed by atoms with Gasteiger partial charge in [-0.3, -0.25) is 4.79 Å². The molecule has 6 heteroatoms. The van der Waals surface area contributed by atoms with Gasteiger partial charge in [0.05, 0.1) is 30.3 Å². The molecule has 0 radical (unpaired) electrons. The molecule has 0 saturated heterocycles. The monoisotopic (exact) mass is 299 g/mol. The lowest BCUT2D eigenvalue weighted by atomic mass is 10.00. The maximum Gasteiger partial charge on any atom is 0.293 e. The van der Waals surface area contributed by atoms with Crippen LogP contribution < -0.4 is 0 Å². The van der Waals surface area contributed by atoms with Gasteiger partial charge in [-0.2, -0.15) is 5.26 Å². The van der Waals surface area contributed by atoms with E-state index in [1.807, 2.05) is 23.6 Å². The highest BCUT2D eigenvalue weighted by Gasteiger charge is 2.27. The van der Waals surface area contributed by atoms with Crippen molar-refractivity contribution in [2.24, 2.45) is 0 Å². The molecular weight excluding hydrogens is 282 g/mol. The second-order valence-electron chi connectivity index (χ2n) is 5.30. The Morgan fingerprint density at radius 3 is 2.68 bits per heavy atom. The molecule has 1 N–H and O–H groups in total. The number of carbonyl (C=O) groups is 1. The summed E-state index contributed by atoms with van der Waals surface area (Å²) < 4.78 is 6.85. The molecule has 0 spiro atoms. The molecule has 1 atom stereocenters. The number of benzene rings is 1. The van der Waals surface area contributed by atoms with Crippen LogP contribution in [-0.4, -0.2) is 33.3 Å².